The molecule has 7 heteroatoms. The number of carbonyl (C=O) groups excluding carboxylic acids is 1. The van der Waals surface area contributed by atoms with Gasteiger partial charge in [-0.2, -0.15) is 0 Å². The van der Waals surface area contributed by atoms with Crippen molar-refractivity contribution in [3.8, 4) is 5.75 Å². The standard InChI is InChI=1S/C16H9Cl2FO4/c17-9-2-3-13(18)8(5-9)1-4-14(20)11-6-10(19)7-12(15(11)21)16(22)23/h1-7,21H,(H,22,23)/b4-1+. The molecule has 2 aromatic rings. The number of carboxylic acids is 1. The Morgan fingerprint density at radius 2 is 1.74 bits per heavy atom. The summed E-state index contributed by atoms with van der Waals surface area (Å²) in [4.78, 5) is 23.0. The molecule has 0 heterocycles. The Labute approximate surface area is 140 Å². The Kier molecular flexibility index (Phi) is 5.03. The molecule has 0 saturated carbocycles. The summed E-state index contributed by atoms with van der Waals surface area (Å²) >= 11 is 11.8. The quantitative estimate of drug-likeness (QED) is 0.628. The molecule has 2 rings (SSSR count). The zero-order valence-corrected chi connectivity index (χ0v) is 12.9. The van der Waals surface area contributed by atoms with Gasteiger partial charge in [0, 0.05) is 10.0 Å². The maximum Gasteiger partial charge on any atom is 0.339 e. The van der Waals surface area contributed by atoms with Crippen molar-refractivity contribution < 1.29 is 24.2 Å². The van der Waals surface area contributed by atoms with Crippen LogP contribution in [-0.4, -0.2) is 22.0 Å². The number of carboxylic acid groups (broad SMARTS) is 1. The van der Waals surface area contributed by atoms with E-state index in [0.717, 1.165) is 12.1 Å². The first-order chi connectivity index (χ1) is 10.8. The van der Waals surface area contributed by atoms with Crippen LogP contribution in [0.1, 0.15) is 26.3 Å². The van der Waals surface area contributed by atoms with Crippen LogP contribution < -0.4 is 0 Å². The number of benzene rings is 2. The molecule has 4 nitrogen and oxygen atoms in total. The minimum atomic E-state index is -1.54. The van der Waals surface area contributed by atoms with Gasteiger partial charge in [0.15, 0.2) is 5.78 Å². The zero-order valence-electron chi connectivity index (χ0n) is 11.4. The molecule has 118 valence electrons. The molecular weight excluding hydrogens is 346 g/mol. The van der Waals surface area contributed by atoms with Crippen molar-refractivity contribution in [3.05, 3.63) is 69.0 Å². The minimum Gasteiger partial charge on any atom is -0.506 e. The Morgan fingerprint density at radius 3 is 2.39 bits per heavy atom. The number of hydrogen-bond donors (Lipinski definition) is 2. The number of hydrogen-bond acceptors (Lipinski definition) is 3. The van der Waals surface area contributed by atoms with E-state index in [-0.39, 0.29) is 0 Å². The number of halogens is 3. The lowest BCUT2D eigenvalue weighted by molar-refractivity contribution is 0.0693. The fourth-order valence-electron chi connectivity index (χ4n) is 1.85. The van der Waals surface area contributed by atoms with Crippen molar-refractivity contribution >= 4 is 41.0 Å². The van der Waals surface area contributed by atoms with Crippen molar-refractivity contribution in [2.24, 2.45) is 0 Å². The van der Waals surface area contributed by atoms with E-state index in [4.69, 9.17) is 28.3 Å². The highest BCUT2D eigenvalue weighted by Crippen LogP contribution is 2.26. The Morgan fingerprint density at radius 1 is 1.09 bits per heavy atom. The summed E-state index contributed by atoms with van der Waals surface area (Å²) in [5.41, 5.74) is -0.707. The first-order valence-electron chi connectivity index (χ1n) is 6.23. The first-order valence-corrected chi connectivity index (χ1v) is 6.98. The molecule has 0 amide bonds. The highest BCUT2D eigenvalue weighted by molar-refractivity contribution is 6.34. The number of aromatic carboxylic acids is 1. The van der Waals surface area contributed by atoms with E-state index < -0.39 is 34.4 Å². The van der Waals surface area contributed by atoms with Crippen LogP contribution in [0.4, 0.5) is 4.39 Å². The van der Waals surface area contributed by atoms with Crippen LogP contribution >= 0.6 is 23.2 Å². The minimum absolute atomic E-state index is 0.341. The zero-order chi connectivity index (χ0) is 17.1. The van der Waals surface area contributed by atoms with Gasteiger partial charge in [0.25, 0.3) is 0 Å². The maximum absolute atomic E-state index is 13.4. The van der Waals surface area contributed by atoms with Gasteiger partial charge in [0.05, 0.1) is 5.56 Å². The summed E-state index contributed by atoms with van der Waals surface area (Å²) in [6.45, 7) is 0. The Hall–Kier alpha value is -2.37. The normalized spacial score (nSPS) is 10.9. The molecule has 23 heavy (non-hydrogen) atoms. The molecule has 0 aliphatic carbocycles. The largest absolute Gasteiger partial charge is 0.506 e. The molecule has 0 bridgehead atoms. The Bertz CT molecular complexity index is 831. The number of rotatable bonds is 4. The lowest BCUT2D eigenvalue weighted by Gasteiger charge is -2.05. The number of phenols is 1. The fraction of sp³-hybridized carbons (Fsp3) is 0. The Balaban J connectivity index is 2.40. The first kappa shape index (κ1) is 17.0. The summed E-state index contributed by atoms with van der Waals surface area (Å²) in [7, 11) is 0. The summed E-state index contributed by atoms with van der Waals surface area (Å²) in [6.07, 6.45) is 2.37. The topological polar surface area (TPSA) is 74.6 Å². The third-order valence-electron chi connectivity index (χ3n) is 2.94. The van der Waals surface area contributed by atoms with Crippen LogP contribution in [0.3, 0.4) is 0 Å². The molecule has 0 atom stereocenters. The van der Waals surface area contributed by atoms with E-state index in [9.17, 15) is 19.1 Å². The SMILES string of the molecule is O=C(O)c1cc(F)cc(C(=O)/C=C/c2cc(Cl)ccc2Cl)c1O. The molecule has 0 aromatic heterocycles. The lowest BCUT2D eigenvalue weighted by atomic mass is 10.0. The van der Waals surface area contributed by atoms with Gasteiger partial charge in [-0.25, -0.2) is 9.18 Å². The highest BCUT2D eigenvalue weighted by atomic mass is 35.5. The summed E-state index contributed by atoms with van der Waals surface area (Å²) in [5, 5.41) is 19.4. The smallest absolute Gasteiger partial charge is 0.339 e. The van der Waals surface area contributed by atoms with Gasteiger partial charge >= 0.3 is 5.97 Å². The van der Waals surface area contributed by atoms with Crippen LogP contribution in [0.25, 0.3) is 6.08 Å². The van der Waals surface area contributed by atoms with Gasteiger partial charge in [0.1, 0.15) is 17.1 Å². The monoisotopic (exact) mass is 354 g/mol. The number of carbonyl (C=O) groups is 2. The van der Waals surface area contributed by atoms with E-state index >= 15 is 0 Å². The molecule has 2 aromatic carbocycles. The molecule has 0 aliphatic rings. The number of allylic oxidation sites excluding steroid dienone is 1. The van der Waals surface area contributed by atoms with Gasteiger partial charge in [-0.3, -0.25) is 4.79 Å². The van der Waals surface area contributed by atoms with Crippen molar-refractivity contribution in [2.45, 2.75) is 0 Å². The molecule has 0 fully saturated rings. The van der Waals surface area contributed by atoms with Crippen molar-refractivity contribution in [3.63, 3.8) is 0 Å². The van der Waals surface area contributed by atoms with Gasteiger partial charge < -0.3 is 10.2 Å². The predicted octanol–water partition coefficient (Wildman–Crippen LogP) is 4.43. The second-order valence-electron chi connectivity index (χ2n) is 4.52. The molecule has 0 radical (unpaired) electrons. The van der Waals surface area contributed by atoms with Crippen molar-refractivity contribution in [1.82, 2.24) is 0 Å². The van der Waals surface area contributed by atoms with Gasteiger partial charge in [-0.15, -0.1) is 0 Å². The molecular formula is C16H9Cl2FO4. The third-order valence-corrected chi connectivity index (χ3v) is 3.52. The van der Waals surface area contributed by atoms with E-state index in [2.05, 4.69) is 0 Å². The summed E-state index contributed by atoms with van der Waals surface area (Å²) in [6, 6.07) is 6.01. The molecule has 0 aliphatic heterocycles. The van der Waals surface area contributed by atoms with Gasteiger partial charge in [-0.05, 0) is 48.0 Å². The molecule has 0 unspecified atom stereocenters. The van der Waals surface area contributed by atoms with Crippen molar-refractivity contribution in [1.29, 1.82) is 0 Å². The second kappa shape index (κ2) is 6.81. The van der Waals surface area contributed by atoms with Crippen LogP contribution in [0, 0.1) is 5.82 Å². The van der Waals surface area contributed by atoms with Crippen LogP contribution in [0.5, 0.6) is 5.75 Å². The number of ketones is 1. The summed E-state index contributed by atoms with van der Waals surface area (Å²) in [5.74, 6) is -4.07. The van der Waals surface area contributed by atoms with Gasteiger partial charge in [0.2, 0.25) is 0 Å². The number of aromatic hydroxyl groups is 1. The summed E-state index contributed by atoms with van der Waals surface area (Å²) < 4.78 is 13.4. The van der Waals surface area contributed by atoms with Crippen LogP contribution in [0.15, 0.2) is 36.4 Å². The second-order valence-corrected chi connectivity index (χ2v) is 5.36. The predicted molar refractivity (Wildman–Crippen MR) is 84.9 cm³/mol. The van der Waals surface area contributed by atoms with E-state index in [1.165, 1.54) is 18.2 Å². The third kappa shape index (κ3) is 3.88. The fourth-order valence-corrected chi connectivity index (χ4v) is 2.21. The average Bonchev–Trinajstić information content (AvgIpc) is 2.49. The van der Waals surface area contributed by atoms with E-state index in [1.807, 2.05) is 0 Å². The van der Waals surface area contributed by atoms with Crippen LogP contribution in [0.2, 0.25) is 10.0 Å². The molecule has 0 saturated heterocycles. The van der Waals surface area contributed by atoms with E-state index in [1.54, 1.807) is 6.07 Å². The average molecular weight is 355 g/mol. The van der Waals surface area contributed by atoms with Crippen LogP contribution in [-0.2, 0) is 0 Å². The van der Waals surface area contributed by atoms with Gasteiger partial charge in [-0.1, -0.05) is 23.2 Å². The molecule has 0 spiro atoms. The van der Waals surface area contributed by atoms with E-state index in [0.29, 0.717) is 21.7 Å². The maximum atomic E-state index is 13.4. The lowest BCUT2D eigenvalue weighted by Crippen LogP contribution is -2.04. The highest BCUT2D eigenvalue weighted by Gasteiger charge is 2.19. The molecule has 2 N–H and O–H groups in total. The van der Waals surface area contributed by atoms with Crippen molar-refractivity contribution in [2.75, 3.05) is 0 Å².